The number of nitrogens with one attached hydrogen (secondary N) is 2. The second-order valence-electron chi connectivity index (χ2n) is 6.46. The summed E-state index contributed by atoms with van der Waals surface area (Å²) in [6.07, 6.45) is 3.30. The summed E-state index contributed by atoms with van der Waals surface area (Å²) in [5.74, 6) is -0.993. The highest BCUT2D eigenvalue weighted by Gasteiger charge is 2.46. The van der Waals surface area contributed by atoms with E-state index in [4.69, 9.17) is 0 Å². The van der Waals surface area contributed by atoms with Gasteiger partial charge in [0, 0.05) is 34.0 Å². The number of phenols is 1. The first kappa shape index (κ1) is 15.4. The zero-order chi connectivity index (χ0) is 18.6. The van der Waals surface area contributed by atoms with Crippen molar-refractivity contribution < 1.29 is 15.0 Å². The van der Waals surface area contributed by atoms with Crippen molar-refractivity contribution >= 4 is 22.7 Å². The Balaban J connectivity index is 1.95. The lowest BCUT2D eigenvalue weighted by Crippen LogP contribution is -2.44. The Bertz CT molecular complexity index is 1200. The molecule has 0 bridgehead atoms. The third-order valence-electron chi connectivity index (χ3n) is 5.04. The van der Waals surface area contributed by atoms with Crippen LogP contribution in [0, 0.1) is 0 Å². The van der Waals surface area contributed by atoms with Gasteiger partial charge in [0.25, 0.3) is 0 Å². The summed E-state index contributed by atoms with van der Waals surface area (Å²) in [4.78, 5) is 15.7. The molecule has 2 aromatic carbocycles. The van der Waals surface area contributed by atoms with Crippen LogP contribution < -0.4 is 5.32 Å². The molecule has 27 heavy (non-hydrogen) atoms. The van der Waals surface area contributed by atoms with Crippen molar-refractivity contribution in [2.24, 2.45) is 0 Å². The molecular weight excluding hydrogens is 344 g/mol. The fourth-order valence-corrected chi connectivity index (χ4v) is 3.80. The minimum Gasteiger partial charge on any atom is -0.508 e. The number of hydrogen-bond acceptors (Lipinski definition) is 5. The monoisotopic (exact) mass is 358 g/mol. The number of aromatic amines is 1. The van der Waals surface area contributed by atoms with Gasteiger partial charge in [-0.05, 0) is 23.8 Å². The Morgan fingerprint density at radius 2 is 1.81 bits per heavy atom. The van der Waals surface area contributed by atoms with Crippen LogP contribution in [-0.4, -0.2) is 31.4 Å². The second-order valence-corrected chi connectivity index (χ2v) is 6.46. The number of carboxylic acid groups (broad SMARTS) is 1. The summed E-state index contributed by atoms with van der Waals surface area (Å²) >= 11 is 0. The summed E-state index contributed by atoms with van der Waals surface area (Å²) in [6, 6.07) is 13.7. The standard InChI is InChI=1S/C20H14N4O3/c25-12-7-5-11(6-8-12)20(19(26)27)15-10-21-18-17(15)14(9-22-24-18)13-3-1-2-4-16(13)23-20/h1-10,23,25H,(H,21,24)(H,26,27). The van der Waals surface area contributed by atoms with Gasteiger partial charge < -0.3 is 20.5 Å². The topological polar surface area (TPSA) is 111 Å². The number of phenolic OH excluding ortho intramolecular Hbond substituents is 1. The number of aromatic hydroxyl groups is 1. The highest BCUT2D eigenvalue weighted by Crippen LogP contribution is 2.46. The smallest absolute Gasteiger partial charge is 0.338 e. The van der Waals surface area contributed by atoms with E-state index in [1.54, 1.807) is 24.5 Å². The predicted molar refractivity (Wildman–Crippen MR) is 99.5 cm³/mol. The molecule has 3 heterocycles. The van der Waals surface area contributed by atoms with Gasteiger partial charge in [-0.1, -0.05) is 30.3 Å². The van der Waals surface area contributed by atoms with Gasteiger partial charge in [-0.3, -0.25) is 0 Å². The average molecular weight is 358 g/mol. The Morgan fingerprint density at radius 1 is 1.04 bits per heavy atom. The number of H-pyrrole nitrogens is 1. The number of carbonyl (C=O) groups is 1. The van der Waals surface area contributed by atoms with Gasteiger partial charge in [0.05, 0.1) is 6.20 Å². The maximum atomic E-state index is 12.7. The second kappa shape index (κ2) is 5.31. The maximum Gasteiger partial charge on any atom is 0.338 e. The zero-order valence-electron chi connectivity index (χ0n) is 14.0. The van der Waals surface area contributed by atoms with Crippen molar-refractivity contribution in [1.82, 2.24) is 15.2 Å². The van der Waals surface area contributed by atoms with Crippen LogP contribution >= 0.6 is 0 Å². The lowest BCUT2D eigenvalue weighted by atomic mass is 9.82. The highest BCUT2D eigenvalue weighted by molar-refractivity contribution is 6.06. The van der Waals surface area contributed by atoms with Gasteiger partial charge in [-0.15, -0.1) is 5.10 Å². The third-order valence-corrected chi connectivity index (χ3v) is 5.04. The van der Waals surface area contributed by atoms with Crippen LogP contribution in [0.3, 0.4) is 0 Å². The number of anilines is 1. The van der Waals surface area contributed by atoms with Crippen LogP contribution in [0.2, 0.25) is 0 Å². The molecule has 0 radical (unpaired) electrons. The lowest BCUT2D eigenvalue weighted by Gasteiger charge is -2.31. The van der Waals surface area contributed by atoms with Gasteiger partial charge in [-0.25, -0.2) is 4.79 Å². The average Bonchev–Trinajstić information content (AvgIpc) is 3.06. The number of carboxylic acids is 1. The molecule has 4 N–H and O–H groups in total. The first-order valence-electron chi connectivity index (χ1n) is 8.35. The van der Waals surface area contributed by atoms with Crippen molar-refractivity contribution in [3.05, 3.63) is 72.1 Å². The molecular formula is C20H14N4O3. The van der Waals surface area contributed by atoms with E-state index < -0.39 is 11.5 Å². The van der Waals surface area contributed by atoms with Crippen LogP contribution in [0.15, 0.2) is 60.9 Å². The van der Waals surface area contributed by atoms with E-state index in [0.29, 0.717) is 27.8 Å². The Kier molecular flexibility index (Phi) is 3.03. The molecule has 0 fully saturated rings. The quantitative estimate of drug-likeness (QED) is 0.438. The van der Waals surface area contributed by atoms with Gasteiger partial charge in [-0.2, -0.15) is 5.10 Å². The van der Waals surface area contributed by atoms with E-state index in [2.05, 4.69) is 20.5 Å². The molecule has 2 aromatic heterocycles. The molecule has 4 aromatic rings. The van der Waals surface area contributed by atoms with Crippen LogP contribution in [0.5, 0.6) is 5.75 Å². The zero-order valence-corrected chi connectivity index (χ0v) is 14.0. The number of hydrogen-bond donors (Lipinski definition) is 4. The first-order valence-corrected chi connectivity index (χ1v) is 8.35. The molecule has 0 saturated carbocycles. The number of nitrogens with zero attached hydrogens (tertiary/aromatic N) is 2. The molecule has 1 aliphatic heterocycles. The van der Waals surface area contributed by atoms with Gasteiger partial charge in [0.2, 0.25) is 0 Å². The number of rotatable bonds is 2. The molecule has 0 aliphatic carbocycles. The van der Waals surface area contributed by atoms with Crippen molar-refractivity contribution in [2.45, 2.75) is 5.54 Å². The van der Waals surface area contributed by atoms with Gasteiger partial charge in [0.15, 0.2) is 11.2 Å². The van der Waals surface area contributed by atoms with E-state index in [1.807, 2.05) is 24.3 Å². The first-order chi connectivity index (χ1) is 13.1. The van der Waals surface area contributed by atoms with E-state index in [-0.39, 0.29) is 5.75 Å². The van der Waals surface area contributed by atoms with Gasteiger partial charge in [0.1, 0.15) is 5.75 Å². The fourth-order valence-electron chi connectivity index (χ4n) is 3.80. The number of benzene rings is 2. The number of fused-ring (bicyclic) bond motifs is 2. The normalized spacial score (nSPS) is 17.8. The van der Waals surface area contributed by atoms with E-state index in [9.17, 15) is 15.0 Å². The molecule has 7 heteroatoms. The molecule has 0 amide bonds. The summed E-state index contributed by atoms with van der Waals surface area (Å²) in [5, 5.41) is 32.2. The molecule has 1 unspecified atom stereocenters. The number of aromatic nitrogens is 3. The Morgan fingerprint density at radius 3 is 2.59 bits per heavy atom. The molecule has 1 aliphatic rings. The minimum atomic E-state index is -1.56. The molecule has 7 nitrogen and oxygen atoms in total. The maximum absolute atomic E-state index is 12.7. The van der Waals surface area contributed by atoms with E-state index in [1.165, 1.54) is 12.1 Å². The molecule has 0 saturated heterocycles. The van der Waals surface area contributed by atoms with Crippen molar-refractivity contribution in [3.63, 3.8) is 0 Å². The van der Waals surface area contributed by atoms with Crippen molar-refractivity contribution in [3.8, 4) is 16.9 Å². The Labute approximate surface area is 153 Å². The molecule has 5 rings (SSSR count). The van der Waals surface area contributed by atoms with Crippen LogP contribution in [0.4, 0.5) is 5.69 Å². The molecule has 1 atom stereocenters. The third kappa shape index (κ3) is 1.99. The summed E-state index contributed by atoms with van der Waals surface area (Å²) in [7, 11) is 0. The van der Waals surface area contributed by atoms with E-state index in [0.717, 1.165) is 11.1 Å². The summed E-state index contributed by atoms with van der Waals surface area (Å²) < 4.78 is 0. The SMILES string of the molecule is O=C(O)C1(c2ccc(O)cc2)Nc2ccccc2-c2cnnc3[nH]cc1c23. The number of aliphatic carboxylic acids is 1. The summed E-state index contributed by atoms with van der Waals surface area (Å²) in [5.41, 5.74) is 2.33. The lowest BCUT2D eigenvalue weighted by molar-refractivity contribution is -0.141. The molecule has 132 valence electrons. The summed E-state index contributed by atoms with van der Waals surface area (Å²) in [6.45, 7) is 0. The van der Waals surface area contributed by atoms with Crippen molar-refractivity contribution in [1.29, 1.82) is 0 Å². The van der Waals surface area contributed by atoms with Gasteiger partial charge >= 0.3 is 5.97 Å². The highest BCUT2D eigenvalue weighted by atomic mass is 16.4. The van der Waals surface area contributed by atoms with Crippen LogP contribution in [0.1, 0.15) is 11.1 Å². The van der Waals surface area contributed by atoms with E-state index >= 15 is 0 Å². The molecule has 0 spiro atoms. The Hall–Kier alpha value is -3.87. The minimum absolute atomic E-state index is 0.0683. The largest absolute Gasteiger partial charge is 0.508 e. The number of para-hydroxylation sites is 1. The van der Waals surface area contributed by atoms with Crippen molar-refractivity contribution in [2.75, 3.05) is 5.32 Å². The van der Waals surface area contributed by atoms with Crippen LogP contribution in [-0.2, 0) is 10.3 Å². The van der Waals surface area contributed by atoms with Crippen LogP contribution in [0.25, 0.3) is 22.2 Å². The predicted octanol–water partition coefficient (Wildman–Crippen LogP) is 3.08. The fraction of sp³-hybridized carbons (Fsp3) is 0.0500.